The van der Waals surface area contributed by atoms with Crippen LogP contribution >= 0.6 is 7.37 Å². The highest BCUT2D eigenvalue weighted by Gasteiger charge is 2.43. The van der Waals surface area contributed by atoms with Gasteiger partial charge in [-0.3, -0.25) is 9.36 Å². The molecular weight excluding hydrogens is 317 g/mol. The van der Waals surface area contributed by atoms with E-state index in [4.69, 9.17) is 0 Å². The minimum atomic E-state index is -3.61. The van der Waals surface area contributed by atoms with E-state index in [0.717, 1.165) is 19.3 Å². The minimum absolute atomic E-state index is 0.145. The van der Waals surface area contributed by atoms with Crippen LogP contribution in [0.2, 0.25) is 0 Å². The molecule has 1 saturated heterocycles. The number of carbonyl (C=O) groups excluding carboxylic acids is 1. The molecule has 0 saturated carbocycles. The summed E-state index contributed by atoms with van der Waals surface area (Å²) in [7, 11) is -3.61. The Morgan fingerprint density at radius 3 is 2.43 bits per heavy atom. The summed E-state index contributed by atoms with van der Waals surface area (Å²) in [5.41, 5.74) is -0.945. The fraction of sp³-hybridized carbons (Fsp3) is 0.875. The predicted molar refractivity (Wildman–Crippen MR) is 89.9 cm³/mol. The molecule has 0 aromatic rings. The SMILES string of the molecule is CCCCCP(=O)(O)C(CCCC)C(=O)N1CCC[C@H]1C(=O)O. The molecule has 0 radical (unpaired) electrons. The summed E-state index contributed by atoms with van der Waals surface area (Å²) in [6.45, 7) is 4.36. The highest BCUT2D eigenvalue weighted by atomic mass is 31.2. The third kappa shape index (κ3) is 5.61. The number of hydrogen-bond donors (Lipinski definition) is 2. The van der Waals surface area contributed by atoms with Gasteiger partial charge < -0.3 is 14.9 Å². The molecule has 0 spiro atoms. The maximum atomic E-state index is 12.8. The smallest absolute Gasteiger partial charge is 0.326 e. The average molecular weight is 347 g/mol. The number of carboxylic acids is 1. The molecule has 2 unspecified atom stereocenters. The van der Waals surface area contributed by atoms with Gasteiger partial charge in [0, 0.05) is 12.7 Å². The van der Waals surface area contributed by atoms with E-state index in [9.17, 15) is 24.2 Å². The highest BCUT2D eigenvalue weighted by molar-refractivity contribution is 7.59. The van der Waals surface area contributed by atoms with Gasteiger partial charge in [-0.1, -0.05) is 39.5 Å². The second-order valence-electron chi connectivity index (χ2n) is 6.37. The number of likely N-dealkylation sites (tertiary alicyclic amines) is 1. The van der Waals surface area contributed by atoms with Crippen molar-refractivity contribution in [1.82, 2.24) is 4.90 Å². The zero-order valence-electron chi connectivity index (χ0n) is 14.2. The van der Waals surface area contributed by atoms with Crippen LogP contribution in [0.5, 0.6) is 0 Å². The molecule has 7 heteroatoms. The van der Waals surface area contributed by atoms with Crippen molar-refractivity contribution in [3.63, 3.8) is 0 Å². The number of rotatable bonds is 10. The first-order valence-corrected chi connectivity index (χ1v) is 10.6. The second kappa shape index (κ2) is 9.43. The molecule has 1 aliphatic heterocycles. The molecule has 6 nitrogen and oxygen atoms in total. The summed E-state index contributed by atoms with van der Waals surface area (Å²) in [5.74, 6) is -1.46. The lowest BCUT2D eigenvalue weighted by Crippen LogP contribution is -2.45. The standard InChI is InChI=1S/C16H30NO5P/c1-3-5-7-12-23(21,22)14(10-6-4-2)15(18)17-11-8-9-13(17)16(19)20/h13-14H,3-12H2,1-2H3,(H,19,20)(H,21,22)/t13-,14?/m0/s1. The Labute approximate surface area is 138 Å². The summed E-state index contributed by atoms with van der Waals surface area (Å²) in [5, 5.41) is 9.24. The zero-order chi connectivity index (χ0) is 17.5. The lowest BCUT2D eigenvalue weighted by molar-refractivity contribution is -0.148. The summed E-state index contributed by atoms with van der Waals surface area (Å²) in [6, 6.07) is -0.845. The third-order valence-corrected chi connectivity index (χ3v) is 6.92. The Hall–Kier alpha value is -0.870. The van der Waals surface area contributed by atoms with Gasteiger partial charge in [-0.2, -0.15) is 0 Å². The number of carbonyl (C=O) groups is 2. The van der Waals surface area contributed by atoms with Gasteiger partial charge in [0.25, 0.3) is 0 Å². The van der Waals surface area contributed by atoms with E-state index in [1.807, 2.05) is 13.8 Å². The molecule has 1 heterocycles. The molecule has 1 rings (SSSR count). The van der Waals surface area contributed by atoms with Gasteiger partial charge in [0.2, 0.25) is 13.3 Å². The molecule has 3 atom stereocenters. The number of amides is 1. The summed E-state index contributed by atoms with van der Waals surface area (Å²) >= 11 is 0. The maximum absolute atomic E-state index is 12.8. The van der Waals surface area contributed by atoms with E-state index in [0.29, 0.717) is 38.6 Å². The molecule has 1 aliphatic rings. The Kier molecular flexibility index (Phi) is 8.27. The van der Waals surface area contributed by atoms with E-state index < -0.39 is 30.9 Å². The molecule has 0 bridgehead atoms. The van der Waals surface area contributed by atoms with Crippen LogP contribution in [0, 0.1) is 0 Å². The molecule has 1 amide bonds. The van der Waals surface area contributed by atoms with Crippen LogP contribution in [-0.4, -0.2) is 51.2 Å². The molecule has 1 fully saturated rings. The molecule has 23 heavy (non-hydrogen) atoms. The summed E-state index contributed by atoms with van der Waals surface area (Å²) in [4.78, 5) is 35.8. The zero-order valence-corrected chi connectivity index (χ0v) is 15.1. The van der Waals surface area contributed by atoms with Crippen molar-refractivity contribution in [1.29, 1.82) is 0 Å². The first kappa shape index (κ1) is 20.2. The third-order valence-electron chi connectivity index (χ3n) is 4.51. The van der Waals surface area contributed by atoms with Crippen LogP contribution < -0.4 is 0 Å². The van der Waals surface area contributed by atoms with Crippen molar-refractivity contribution in [3.8, 4) is 0 Å². The van der Waals surface area contributed by atoms with E-state index in [2.05, 4.69) is 0 Å². The van der Waals surface area contributed by atoms with Crippen LogP contribution in [0.3, 0.4) is 0 Å². The van der Waals surface area contributed by atoms with Gasteiger partial charge in [0.15, 0.2) is 0 Å². The van der Waals surface area contributed by atoms with Crippen molar-refractivity contribution in [2.24, 2.45) is 0 Å². The highest BCUT2D eigenvalue weighted by Crippen LogP contribution is 2.50. The van der Waals surface area contributed by atoms with Gasteiger partial charge in [0.1, 0.15) is 11.7 Å². The number of carboxylic acid groups (broad SMARTS) is 1. The van der Waals surface area contributed by atoms with Crippen molar-refractivity contribution in [2.45, 2.75) is 76.9 Å². The Bertz CT molecular complexity index is 454. The van der Waals surface area contributed by atoms with Crippen LogP contribution in [-0.2, 0) is 14.2 Å². The lowest BCUT2D eigenvalue weighted by Gasteiger charge is -2.29. The Balaban J connectivity index is 2.89. The second-order valence-corrected chi connectivity index (χ2v) is 8.95. The average Bonchev–Trinajstić information content (AvgIpc) is 2.97. The molecule has 0 aromatic carbocycles. The molecule has 2 N–H and O–H groups in total. The molecule has 0 aliphatic carbocycles. The molecule has 0 aromatic heterocycles. The minimum Gasteiger partial charge on any atom is -0.480 e. The largest absolute Gasteiger partial charge is 0.480 e. The fourth-order valence-corrected chi connectivity index (χ4v) is 5.19. The van der Waals surface area contributed by atoms with Gasteiger partial charge in [-0.05, 0) is 25.7 Å². The fourth-order valence-electron chi connectivity index (χ4n) is 3.12. The van der Waals surface area contributed by atoms with Crippen LogP contribution in [0.25, 0.3) is 0 Å². The summed E-state index contributed by atoms with van der Waals surface area (Å²) in [6.07, 6.45) is 5.53. The number of aliphatic carboxylic acids is 1. The van der Waals surface area contributed by atoms with Crippen LogP contribution in [0.4, 0.5) is 0 Å². The maximum Gasteiger partial charge on any atom is 0.326 e. The number of unbranched alkanes of at least 4 members (excludes halogenated alkanes) is 3. The number of hydrogen-bond acceptors (Lipinski definition) is 3. The van der Waals surface area contributed by atoms with E-state index >= 15 is 0 Å². The Morgan fingerprint density at radius 2 is 1.87 bits per heavy atom. The van der Waals surface area contributed by atoms with Gasteiger partial charge in [0.05, 0.1) is 0 Å². The first-order valence-electron chi connectivity index (χ1n) is 8.69. The lowest BCUT2D eigenvalue weighted by atomic mass is 10.1. The predicted octanol–water partition coefficient (Wildman–Crippen LogP) is 3.08. The van der Waals surface area contributed by atoms with E-state index in [-0.39, 0.29) is 6.16 Å². The van der Waals surface area contributed by atoms with Gasteiger partial charge in [-0.15, -0.1) is 0 Å². The number of nitrogens with zero attached hydrogens (tertiary/aromatic N) is 1. The van der Waals surface area contributed by atoms with E-state index in [1.165, 1.54) is 4.90 Å². The van der Waals surface area contributed by atoms with Crippen molar-refractivity contribution in [2.75, 3.05) is 12.7 Å². The summed E-state index contributed by atoms with van der Waals surface area (Å²) < 4.78 is 12.7. The quantitative estimate of drug-likeness (QED) is 0.468. The Morgan fingerprint density at radius 1 is 1.22 bits per heavy atom. The van der Waals surface area contributed by atoms with Crippen LogP contribution in [0.15, 0.2) is 0 Å². The monoisotopic (exact) mass is 347 g/mol. The van der Waals surface area contributed by atoms with Crippen molar-refractivity contribution in [3.05, 3.63) is 0 Å². The first-order chi connectivity index (χ1) is 10.8. The van der Waals surface area contributed by atoms with Crippen molar-refractivity contribution < 1.29 is 24.2 Å². The molecule has 134 valence electrons. The van der Waals surface area contributed by atoms with Gasteiger partial charge >= 0.3 is 5.97 Å². The van der Waals surface area contributed by atoms with Crippen LogP contribution in [0.1, 0.15) is 65.2 Å². The normalized spacial score (nSPS) is 21.9. The van der Waals surface area contributed by atoms with Crippen molar-refractivity contribution >= 4 is 19.2 Å². The molecular formula is C16H30NO5P. The van der Waals surface area contributed by atoms with E-state index in [1.54, 1.807) is 0 Å². The topological polar surface area (TPSA) is 94.9 Å². The van der Waals surface area contributed by atoms with Gasteiger partial charge in [-0.25, -0.2) is 4.79 Å².